The molecule has 0 spiro atoms. The lowest BCUT2D eigenvalue weighted by Crippen LogP contribution is -2.38. The second kappa shape index (κ2) is 7.86. The van der Waals surface area contributed by atoms with Gasteiger partial charge in [0.1, 0.15) is 11.6 Å². The first-order chi connectivity index (χ1) is 15.1. The highest BCUT2D eigenvalue weighted by molar-refractivity contribution is 5.89. The molecule has 3 heterocycles. The smallest absolute Gasteiger partial charge is 0.321 e. The minimum Gasteiger partial charge on any atom is -0.353 e. The van der Waals surface area contributed by atoms with Gasteiger partial charge in [-0.05, 0) is 42.8 Å². The monoisotopic (exact) mass is 421 g/mol. The van der Waals surface area contributed by atoms with Crippen LogP contribution in [0.4, 0.5) is 25.1 Å². The van der Waals surface area contributed by atoms with Gasteiger partial charge in [0.25, 0.3) is 0 Å². The van der Waals surface area contributed by atoms with Crippen LogP contribution in [-0.2, 0) is 0 Å². The fourth-order valence-corrected chi connectivity index (χ4v) is 4.06. The van der Waals surface area contributed by atoms with E-state index in [9.17, 15) is 13.6 Å². The first kappa shape index (κ1) is 19.3. The number of amides is 2. The van der Waals surface area contributed by atoms with E-state index < -0.39 is 17.7 Å². The summed E-state index contributed by atoms with van der Waals surface area (Å²) in [6.45, 7) is 2.30. The number of carbonyl (C=O) groups is 1. The van der Waals surface area contributed by atoms with Gasteiger partial charge in [0.15, 0.2) is 5.82 Å². The van der Waals surface area contributed by atoms with E-state index in [2.05, 4.69) is 14.6 Å². The van der Waals surface area contributed by atoms with Crippen LogP contribution in [0.15, 0.2) is 60.8 Å². The van der Waals surface area contributed by atoms with Crippen LogP contribution in [0.25, 0.3) is 16.6 Å². The van der Waals surface area contributed by atoms with Crippen molar-refractivity contribution in [3.05, 3.63) is 72.4 Å². The van der Waals surface area contributed by atoms with Crippen molar-refractivity contribution in [3.8, 4) is 0 Å². The molecule has 31 heavy (non-hydrogen) atoms. The summed E-state index contributed by atoms with van der Waals surface area (Å²) >= 11 is 0. The number of halogens is 2. The zero-order valence-corrected chi connectivity index (χ0v) is 16.8. The van der Waals surface area contributed by atoms with Crippen molar-refractivity contribution in [3.63, 3.8) is 0 Å². The van der Waals surface area contributed by atoms with Crippen molar-refractivity contribution in [2.75, 3.05) is 36.4 Å². The van der Waals surface area contributed by atoms with Crippen molar-refractivity contribution < 1.29 is 13.6 Å². The highest BCUT2D eigenvalue weighted by Gasteiger charge is 2.22. The number of para-hydroxylation sites is 2. The predicted molar refractivity (Wildman–Crippen MR) is 116 cm³/mol. The Kier molecular flexibility index (Phi) is 4.89. The molecule has 0 aliphatic carbocycles. The van der Waals surface area contributed by atoms with Gasteiger partial charge in [-0.1, -0.05) is 12.1 Å². The molecule has 158 valence electrons. The fraction of sp³-hybridized carbons (Fsp3) is 0.217. The Hall–Kier alpha value is -3.68. The normalized spacial score (nSPS) is 14.8. The van der Waals surface area contributed by atoms with Gasteiger partial charge < -0.3 is 19.5 Å². The van der Waals surface area contributed by atoms with Crippen LogP contribution in [0, 0.1) is 11.6 Å². The topological polar surface area (TPSA) is 52.9 Å². The van der Waals surface area contributed by atoms with E-state index in [0.29, 0.717) is 19.6 Å². The average molecular weight is 421 g/mol. The van der Waals surface area contributed by atoms with Crippen LogP contribution < -0.4 is 10.2 Å². The molecule has 8 heteroatoms. The number of aromatic nitrogens is 2. The molecule has 6 nitrogen and oxygen atoms in total. The summed E-state index contributed by atoms with van der Waals surface area (Å²) in [5.41, 5.74) is 2.80. The molecule has 1 saturated heterocycles. The van der Waals surface area contributed by atoms with E-state index in [4.69, 9.17) is 4.98 Å². The van der Waals surface area contributed by atoms with Gasteiger partial charge in [0, 0.05) is 38.4 Å². The molecule has 0 bridgehead atoms. The molecule has 1 aliphatic rings. The van der Waals surface area contributed by atoms with Crippen molar-refractivity contribution >= 4 is 34.1 Å². The number of hydrogen-bond donors (Lipinski definition) is 1. The molecule has 0 unspecified atom stereocenters. The van der Waals surface area contributed by atoms with Gasteiger partial charge in [-0.3, -0.25) is 0 Å². The molecule has 2 aromatic carbocycles. The fourth-order valence-electron chi connectivity index (χ4n) is 4.06. The Labute approximate surface area is 177 Å². The van der Waals surface area contributed by atoms with Crippen LogP contribution in [0.5, 0.6) is 0 Å². The highest BCUT2D eigenvalue weighted by Crippen LogP contribution is 2.26. The van der Waals surface area contributed by atoms with Crippen molar-refractivity contribution in [1.29, 1.82) is 0 Å². The Morgan fingerprint density at radius 3 is 2.68 bits per heavy atom. The number of benzene rings is 2. The van der Waals surface area contributed by atoms with Crippen LogP contribution in [0.2, 0.25) is 0 Å². The van der Waals surface area contributed by atoms with Gasteiger partial charge in [-0.25, -0.2) is 18.6 Å². The molecule has 0 radical (unpaired) electrons. The third kappa shape index (κ3) is 3.65. The van der Waals surface area contributed by atoms with Crippen molar-refractivity contribution in [2.45, 2.75) is 6.42 Å². The number of nitrogens with zero attached hydrogens (tertiary/aromatic N) is 4. The third-order valence-electron chi connectivity index (χ3n) is 5.60. The number of nitrogens with one attached hydrogen (secondary N) is 1. The standard InChI is InChI=1S/C23H21F2N5O/c24-16-8-9-17(25)19(15-16)27-23(31)29-11-4-10-28(13-14-29)22-21-7-3-12-30(21)20-6-2-1-5-18(20)26-22/h1-3,5-9,12,15H,4,10-11,13-14H2,(H,27,31). The summed E-state index contributed by atoms with van der Waals surface area (Å²) in [5, 5.41) is 2.49. The lowest BCUT2D eigenvalue weighted by molar-refractivity contribution is 0.215. The minimum absolute atomic E-state index is 0.155. The maximum absolute atomic E-state index is 13.9. The molecule has 1 aliphatic heterocycles. The number of hydrogen-bond acceptors (Lipinski definition) is 3. The largest absolute Gasteiger partial charge is 0.353 e. The summed E-state index contributed by atoms with van der Waals surface area (Å²) in [5.74, 6) is -0.387. The van der Waals surface area contributed by atoms with Gasteiger partial charge in [-0.15, -0.1) is 0 Å². The quantitative estimate of drug-likeness (QED) is 0.518. The zero-order valence-electron chi connectivity index (χ0n) is 16.8. The maximum Gasteiger partial charge on any atom is 0.321 e. The maximum atomic E-state index is 13.9. The number of anilines is 2. The third-order valence-corrected chi connectivity index (χ3v) is 5.60. The minimum atomic E-state index is -0.665. The molecule has 5 rings (SSSR count). The van der Waals surface area contributed by atoms with E-state index in [-0.39, 0.29) is 5.69 Å². The Morgan fingerprint density at radius 2 is 1.77 bits per heavy atom. The van der Waals surface area contributed by atoms with Gasteiger partial charge in [-0.2, -0.15) is 0 Å². The summed E-state index contributed by atoms with van der Waals surface area (Å²) in [7, 11) is 0. The van der Waals surface area contributed by atoms with Crippen molar-refractivity contribution in [2.24, 2.45) is 0 Å². The van der Waals surface area contributed by atoms with Crippen molar-refractivity contribution in [1.82, 2.24) is 14.3 Å². The molecule has 4 aromatic rings. The molecular formula is C23H21F2N5O. The van der Waals surface area contributed by atoms with Crippen LogP contribution in [0.1, 0.15) is 6.42 Å². The van der Waals surface area contributed by atoms with E-state index in [1.807, 2.05) is 42.6 Å². The summed E-state index contributed by atoms with van der Waals surface area (Å²) in [6.07, 6.45) is 2.76. The highest BCUT2D eigenvalue weighted by atomic mass is 19.1. The summed E-state index contributed by atoms with van der Waals surface area (Å²) in [4.78, 5) is 21.4. The zero-order chi connectivity index (χ0) is 21.4. The number of carbonyl (C=O) groups excluding carboxylic acids is 1. The van der Waals surface area contributed by atoms with Crippen LogP contribution in [0.3, 0.4) is 0 Å². The molecule has 1 N–H and O–H groups in total. The molecule has 2 aromatic heterocycles. The second-order valence-electron chi connectivity index (χ2n) is 7.57. The molecule has 0 saturated carbocycles. The molecule has 0 atom stereocenters. The van der Waals surface area contributed by atoms with Crippen LogP contribution in [-0.4, -0.2) is 46.5 Å². The Morgan fingerprint density at radius 1 is 0.935 bits per heavy atom. The first-order valence-corrected chi connectivity index (χ1v) is 10.2. The lowest BCUT2D eigenvalue weighted by atomic mass is 10.3. The number of rotatable bonds is 2. The average Bonchev–Trinajstić information content (AvgIpc) is 3.14. The van der Waals surface area contributed by atoms with E-state index in [1.165, 1.54) is 0 Å². The molecular weight excluding hydrogens is 400 g/mol. The number of urea groups is 1. The van der Waals surface area contributed by atoms with Gasteiger partial charge in [0.2, 0.25) is 0 Å². The Balaban J connectivity index is 1.37. The van der Waals surface area contributed by atoms with Gasteiger partial charge >= 0.3 is 6.03 Å². The van der Waals surface area contributed by atoms with E-state index >= 15 is 0 Å². The van der Waals surface area contributed by atoms with E-state index in [1.54, 1.807) is 4.90 Å². The van der Waals surface area contributed by atoms with Crippen LogP contribution >= 0.6 is 0 Å². The predicted octanol–water partition coefficient (Wildman–Crippen LogP) is 4.51. The summed E-state index contributed by atoms with van der Waals surface area (Å²) < 4.78 is 29.4. The first-order valence-electron chi connectivity index (χ1n) is 10.2. The lowest BCUT2D eigenvalue weighted by Gasteiger charge is -2.24. The van der Waals surface area contributed by atoms with Gasteiger partial charge in [0.05, 0.1) is 22.2 Å². The molecule has 2 amide bonds. The molecule has 1 fully saturated rings. The van der Waals surface area contributed by atoms with E-state index in [0.717, 1.165) is 53.5 Å². The second-order valence-corrected chi connectivity index (χ2v) is 7.57. The summed E-state index contributed by atoms with van der Waals surface area (Å²) in [6, 6.07) is 14.6. The number of fused-ring (bicyclic) bond motifs is 3. The Bertz CT molecular complexity index is 1270. The SMILES string of the molecule is O=C(Nc1cc(F)ccc1F)N1CCCN(c2nc3ccccc3n3cccc23)CC1.